The Bertz CT molecular complexity index is 1200. The second-order valence-corrected chi connectivity index (χ2v) is 9.10. The Hall–Kier alpha value is -3.09. The van der Waals surface area contributed by atoms with Gasteiger partial charge in [0.25, 0.3) is 11.8 Å². The van der Waals surface area contributed by atoms with Crippen molar-refractivity contribution < 1.29 is 14.3 Å². The van der Waals surface area contributed by atoms with Gasteiger partial charge in [0, 0.05) is 15.6 Å². The Labute approximate surface area is 196 Å². The number of ether oxygens (including phenoxy) is 1. The largest absolute Gasteiger partial charge is 0.492 e. The summed E-state index contributed by atoms with van der Waals surface area (Å²) in [4.78, 5) is 28.4. The fraction of sp³-hybridized carbons (Fsp3) is 0.200. The molecule has 7 heteroatoms. The van der Waals surface area contributed by atoms with Crippen LogP contribution in [-0.2, 0) is 9.59 Å². The molecule has 0 atom stereocenters. The number of thiophene rings is 1. The lowest BCUT2D eigenvalue weighted by atomic mass is 10.1. The molecule has 4 rings (SSSR count). The predicted octanol–water partition coefficient (Wildman–Crippen LogP) is 5.60. The standard InChI is InChI=1S/C25H23ClN2O3S/c1-15-11-16(2)13-19(12-15)31-9-8-28-24(29)22(21-5-4-10-32-21)23(25(28)30)27-18-7-6-17(3)20(26)14-18/h4-7,10-14,27H,8-9H2,1-3H3. The van der Waals surface area contributed by atoms with Crippen LogP contribution < -0.4 is 10.1 Å². The molecule has 1 N–H and O–H groups in total. The van der Waals surface area contributed by atoms with Gasteiger partial charge in [-0.15, -0.1) is 11.3 Å². The Morgan fingerprint density at radius 2 is 1.75 bits per heavy atom. The summed E-state index contributed by atoms with van der Waals surface area (Å²) in [5.74, 6) is 0.0157. The van der Waals surface area contributed by atoms with Crippen molar-refractivity contribution >= 4 is 46.0 Å². The van der Waals surface area contributed by atoms with Crippen LogP contribution >= 0.6 is 22.9 Å². The highest BCUT2D eigenvalue weighted by atomic mass is 35.5. The van der Waals surface area contributed by atoms with Gasteiger partial charge in [-0.3, -0.25) is 14.5 Å². The van der Waals surface area contributed by atoms with E-state index in [2.05, 4.69) is 11.4 Å². The molecule has 5 nitrogen and oxygen atoms in total. The van der Waals surface area contributed by atoms with Gasteiger partial charge in [-0.2, -0.15) is 0 Å². The molecule has 164 valence electrons. The number of aryl methyl sites for hydroxylation is 3. The molecule has 0 unspecified atom stereocenters. The lowest BCUT2D eigenvalue weighted by Gasteiger charge is -2.16. The molecule has 1 aromatic heterocycles. The number of imide groups is 1. The third-order valence-corrected chi connectivity index (χ3v) is 6.45. The predicted molar refractivity (Wildman–Crippen MR) is 129 cm³/mol. The highest BCUT2D eigenvalue weighted by Gasteiger charge is 2.39. The summed E-state index contributed by atoms with van der Waals surface area (Å²) in [7, 11) is 0. The zero-order valence-electron chi connectivity index (χ0n) is 18.1. The minimum absolute atomic E-state index is 0.152. The lowest BCUT2D eigenvalue weighted by molar-refractivity contribution is -0.137. The van der Waals surface area contributed by atoms with Crippen LogP contribution in [0.4, 0.5) is 5.69 Å². The third-order valence-electron chi connectivity index (χ3n) is 5.16. The first-order valence-corrected chi connectivity index (χ1v) is 11.5. The quantitative estimate of drug-likeness (QED) is 0.460. The van der Waals surface area contributed by atoms with Gasteiger partial charge in [-0.05, 0) is 73.2 Å². The van der Waals surface area contributed by atoms with Crippen LogP contribution in [-0.4, -0.2) is 29.9 Å². The van der Waals surface area contributed by atoms with Gasteiger partial charge in [-0.1, -0.05) is 29.8 Å². The molecular formula is C25H23ClN2O3S. The van der Waals surface area contributed by atoms with Gasteiger partial charge >= 0.3 is 0 Å². The summed E-state index contributed by atoms with van der Waals surface area (Å²) in [5.41, 5.74) is 4.40. The molecule has 0 saturated carbocycles. The number of carbonyl (C=O) groups is 2. The number of amides is 2. The van der Waals surface area contributed by atoms with Crippen LogP contribution in [0.2, 0.25) is 5.02 Å². The molecular weight excluding hydrogens is 444 g/mol. The van der Waals surface area contributed by atoms with E-state index in [1.165, 1.54) is 16.2 Å². The van der Waals surface area contributed by atoms with E-state index in [-0.39, 0.29) is 30.7 Å². The molecule has 0 bridgehead atoms. The minimum Gasteiger partial charge on any atom is -0.492 e. The van der Waals surface area contributed by atoms with Crippen molar-refractivity contribution in [2.75, 3.05) is 18.5 Å². The van der Waals surface area contributed by atoms with Gasteiger partial charge in [0.1, 0.15) is 18.1 Å². The fourth-order valence-corrected chi connectivity index (χ4v) is 4.58. The van der Waals surface area contributed by atoms with E-state index in [0.29, 0.717) is 16.3 Å². The van der Waals surface area contributed by atoms with Crippen LogP contribution in [0.15, 0.2) is 59.6 Å². The molecule has 0 radical (unpaired) electrons. The van der Waals surface area contributed by atoms with E-state index in [0.717, 1.165) is 27.3 Å². The second kappa shape index (κ2) is 9.18. The Morgan fingerprint density at radius 3 is 2.41 bits per heavy atom. The number of nitrogens with zero attached hydrogens (tertiary/aromatic N) is 1. The van der Waals surface area contributed by atoms with Crippen molar-refractivity contribution in [3.63, 3.8) is 0 Å². The average molecular weight is 467 g/mol. The smallest absolute Gasteiger partial charge is 0.278 e. The average Bonchev–Trinajstić information content (AvgIpc) is 3.33. The highest BCUT2D eigenvalue weighted by molar-refractivity contribution is 7.11. The Balaban J connectivity index is 1.55. The van der Waals surface area contributed by atoms with Gasteiger partial charge in [-0.25, -0.2) is 0 Å². The van der Waals surface area contributed by atoms with Gasteiger partial charge in [0.2, 0.25) is 0 Å². The summed E-state index contributed by atoms with van der Waals surface area (Å²) >= 11 is 7.66. The van der Waals surface area contributed by atoms with Crippen molar-refractivity contribution in [1.29, 1.82) is 0 Å². The first kappa shape index (κ1) is 22.1. The highest BCUT2D eigenvalue weighted by Crippen LogP contribution is 2.33. The number of carbonyl (C=O) groups excluding carboxylic acids is 2. The Morgan fingerprint density at radius 1 is 1.00 bits per heavy atom. The number of hydrogen-bond donors (Lipinski definition) is 1. The summed E-state index contributed by atoms with van der Waals surface area (Å²) in [6, 6.07) is 15.1. The topological polar surface area (TPSA) is 58.6 Å². The van der Waals surface area contributed by atoms with Crippen LogP contribution in [0.3, 0.4) is 0 Å². The molecule has 0 aliphatic carbocycles. The monoisotopic (exact) mass is 466 g/mol. The van der Waals surface area contributed by atoms with Crippen molar-refractivity contribution in [2.24, 2.45) is 0 Å². The van der Waals surface area contributed by atoms with Crippen LogP contribution in [0, 0.1) is 20.8 Å². The van der Waals surface area contributed by atoms with Crippen molar-refractivity contribution in [3.05, 3.63) is 86.2 Å². The van der Waals surface area contributed by atoms with Gasteiger partial charge in [0.15, 0.2) is 0 Å². The van der Waals surface area contributed by atoms with Crippen molar-refractivity contribution in [3.8, 4) is 5.75 Å². The molecule has 2 aromatic carbocycles. The first-order chi connectivity index (χ1) is 15.3. The zero-order valence-corrected chi connectivity index (χ0v) is 19.6. The Kier molecular flexibility index (Phi) is 6.35. The minimum atomic E-state index is -0.376. The fourth-order valence-electron chi connectivity index (χ4n) is 3.63. The van der Waals surface area contributed by atoms with Crippen LogP contribution in [0.1, 0.15) is 21.6 Å². The summed E-state index contributed by atoms with van der Waals surface area (Å²) < 4.78 is 5.83. The summed E-state index contributed by atoms with van der Waals surface area (Å²) in [6.07, 6.45) is 0. The van der Waals surface area contributed by atoms with Crippen molar-refractivity contribution in [1.82, 2.24) is 4.90 Å². The summed E-state index contributed by atoms with van der Waals surface area (Å²) in [6.45, 7) is 6.27. The zero-order chi connectivity index (χ0) is 22.8. The normalized spacial score (nSPS) is 13.8. The molecule has 2 amide bonds. The van der Waals surface area contributed by atoms with E-state index < -0.39 is 0 Å². The van der Waals surface area contributed by atoms with Crippen molar-refractivity contribution in [2.45, 2.75) is 20.8 Å². The summed E-state index contributed by atoms with van der Waals surface area (Å²) in [5, 5.41) is 5.60. The number of halogens is 1. The molecule has 0 saturated heterocycles. The van der Waals surface area contributed by atoms with Crippen LogP contribution in [0.25, 0.3) is 5.57 Å². The number of rotatable bonds is 7. The number of anilines is 1. The van der Waals surface area contributed by atoms with E-state index in [1.54, 1.807) is 6.07 Å². The van der Waals surface area contributed by atoms with E-state index in [9.17, 15) is 9.59 Å². The first-order valence-electron chi connectivity index (χ1n) is 10.2. The molecule has 2 heterocycles. The van der Waals surface area contributed by atoms with E-state index in [1.807, 2.05) is 62.5 Å². The van der Waals surface area contributed by atoms with Gasteiger partial charge < -0.3 is 10.1 Å². The SMILES string of the molecule is Cc1cc(C)cc(OCCN2C(=O)C(Nc3ccc(C)c(Cl)c3)=C(c3cccs3)C2=O)c1. The van der Waals surface area contributed by atoms with Crippen LogP contribution in [0.5, 0.6) is 5.75 Å². The maximum absolute atomic E-state index is 13.2. The molecule has 0 spiro atoms. The number of nitrogens with one attached hydrogen (secondary N) is 1. The number of benzene rings is 2. The molecule has 32 heavy (non-hydrogen) atoms. The van der Waals surface area contributed by atoms with E-state index >= 15 is 0 Å². The maximum atomic E-state index is 13.2. The molecule has 1 aliphatic heterocycles. The lowest BCUT2D eigenvalue weighted by Crippen LogP contribution is -2.36. The molecule has 1 aliphatic rings. The number of hydrogen-bond acceptors (Lipinski definition) is 5. The second-order valence-electron chi connectivity index (χ2n) is 7.75. The van der Waals surface area contributed by atoms with E-state index in [4.69, 9.17) is 16.3 Å². The molecule has 0 fully saturated rings. The van der Waals surface area contributed by atoms with Gasteiger partial charge in [0.05, 0.1) is 12.1 Å². The molecule has 3 aromatic rings. The third kappa shape index (κ3) is 4.56. The maximum Gasteiger partial charge on any atom is 0.278 e.